The smallest absolute Gasteiger partial charge is 0.264 e. The lowest BCUT2D eigenvalue weighted by atomic mass is 10.1. The van der Waals surface area contributed by atoms with Crippen molar-refractivity contribution in [3.8, 4) is 17.2 Å². The zero-order valence-corrected chi connectivity index (χ0v) is 12.7. The van der Waals surface area contributed by atoms with Gasteiger partial charge in [0.25, 0.3) is 10.1 Å². The predicted molar refractivity (Wildman–Crippen MR) is 75.5 cm³/mol. The first-order valence-corrected chi connectivity index (χ1v) is 7.77. The van der Waals surface area contributed by atoms with Gasteiger partial charge in [-0.1, -0.05) is 6.07 Å². The predicted octanol–water partition coefficient (Wildman–Crippen LogP) is 1.92. The second-order valence-electron chi connectivity index (χ2n) is 4.24. The molecule has 0 amide bonds. The van der Waals surface area contributed by atoms with Crippen LogP contribution >= 0.6 is 0 Å². The Balaban J connectivity index is 2.80. The molecular formula is C13H20O6S. The minimum Gasteiger partial charge on any atom is -0.493 e. The molecule has 0 heterocycles. The number of hydrogen-bond donors (Lipinski definition) is 1. The summed E-state index contributed by atoms with van der Waals surface area (Å²) in [5.74, 6) is 1.44. The molecule has 0 unspecified atom stereocenters. The molecule has 0 spiro atoms. The van der Waals surface area contributed by atoms with Gasteiger partial charge in [-0.25, -0.2) is 0 Å². The highest BCUT2D eigenvalue weighted by molar-refractivity contribution is 7.85. The van der Waals surface area contributed by atoms with Crippen molar-refractivity contribution >= 4 is 10.1 Å². The molecule has 6 nitrogen and oxygen atoms in total. The van der Waals surface area contributed by atoms with E-state index < -0.39 is 10.1 Å². The summed E-state index contributed by atoms with van der Waals surface area (Å²) in [7, 11) is 0.722. The Labute approximate surface area is 119 Å². The third-order valence-corrected chi connectivity index (χ3v) is 3.69. The van der Waals surface area contributed by atoms with Gasteiger partial charge in [0.05, 0.1) is 27.1 Å². The van der Waals surface area contributed by atoms with Gasteiger partial charge in [-0.3, -0.25) is 4.55 Å². The van der Waals surface area contributed by atoms with Crippen molar-refractivity contribution in [1.82, 2.24) is 0 Å². The molecule has 0 saturated carbocycles. The highest BCUT2D eigenvalue weighted by atomic mass is 32.2. The quantitative estimate of drug-likeness (QED) is 0.583. The van der Waals surface area contributed by atoms with E-state index in [1.807, 2.05) is 6.07 Å². The minimum atomic E-state index is -3.89. The van der Waals surface area contributed by atoms with Crippen molar-refractivity contribution in [2.24, 2.45) is 0 Å². The van der Waals surface area contributed by atoms with Gasteiger partial charge in [-0.05, 0) is 30.9 Å². The van der Waals surface area contributed by atoms with Crippen molar-refractivity contribution in [2.45, 2.75) is 19.3 Å². The Hall–Kier alpha value is -1.47. The summed E-state index contributed by atoms with van der Waals surface area (Å²) >= 11 is 0. The number of methoxy groups -OCH3 is 3. The number of aryl methyl sites for hydroxylation is 1. The lowest BCUT2D eigenvalue weighted by Gasteiger charge is -2.15. The van der Waals surface area contributed by atoms with Gasteiger partial charge in [0.1, 0.15) is 0 Å². The average molecular weight is 304 g/mol. The van der Waals surface area contributed by atoms with Gasteiger partial charge in [0, 0.05) is 0 Å². The van der Waals surface area contributed by atoms with Crippen molar-refractivity contribution < 1.29 is 27.2 Å². The van der Waals surface area contributed by atoms with Crippen LogP contribution in [-0.2, 0) is 16.5 Å². The first-order chi connectivity index (χ1) is 9.42. The van der Waals surface area contributed by atoms with Crippen molar-refractivity contribution in [2.75, 3.05) is 27.1 Å². The van der Waals surface area contributed by atoms with Crippen molar-refractivity contribution in [3.63, 3.8) is 0 Å². The third-order valence-electron chi connectivity index (χ3n) is 2.88. The summed E-state index contributed by atoms with van der Waals surface area (Å²) in [5.41, 5.74) is 0.903. The van der Waals surface area contributed by atoms with E-state index in [2.05, 4.69) is 0 Å². The average Bonchev–Trinajstić information content (AvgIpc) is 2.41. The molecule has 0 radical (unpaired) electrons. The Morgan fingerprint density at radius 1 is 1.00 bits per heavy atom. The van der Waals surface area contributed by atoms with E-state index >= 15 is 0 Å². The van der Waals surface area contributed by atoms with E-state index in [1.54, 1.807) is 20.3 Å². The van der Waals surface area contributed by atoms with E-state index in [0.29, 0.717) is 36.5 Å². The van der Waals surface area contributed by atoms with E-state index in [4.69, 9.17) is 18.8 Å². The molecule has 0 aliphatic rings. The van der Waals surface area contributed by atoms with Gasteiger partial charge < -0.3 is 14.2 Å². The van der Waals surface area contributed by atoms with Crippen molar-refractivity contribution in [1.29, 1.82) is 0 Å². The van der Waals surface area contributed by atoms with E-state index in [1.165, 1.54) is 7.11 Å². The second-order valence-corrected chi connectivity index (χ2v) is 5.81. The summed E-state index contributed by atoms with van der Waals surface area (Å²) < 4.78 is 45.8. The zero-order chi connectivity index (χ0) is 15.2. The summed E-state index contributed by atoms with van der Waals surface area (Å²) in [6.45, 7) is 0. The number of hydrogen-bond acceptors (Lipinski definition) is 5. The first-order valence-electron chi connectivity index (χ1n) is 6.16. The molecule has 1 aromatic carbocycles. The van der Waals surface area contributed by atoms with Crippen molar-refractivity contribution in [3.05, 3.63) is 17.7 Å². The Morgan fingerprint density at radius 3 is 2.15 bits per heavy atom. The van der Waals surface area contributed by atoms with Gasteiger partial charge in [0.2, 0.25) is 5.75 Å². The Morgan fingerprint density at radius 2 is 1.65 bits per heavy atom. The van der Waals surface area contributed by atoms with E-state index in [9.17, 15) is 8.42 Å². The molecule has 0 bridgehead atoms. The molecule has 0 aromatic heterocycles. The fourth-order valence-corrected chi connectivity index (χ4v) is 2.53. The minimum absolute atomic E-state index is 0.234. The molecule has 1 aromatic rings. The topological polar surface area (TPSA) is 82.1 Å². The number of rotatable bonds is 8. The molecule has 0 saturated heterocycles. The SMILES string of the molecule is COc1ccc(CCCCS(=O)(=O)O)c(OC)c1OC. The molecule has 0 aliphatic carbocycles. The van der Waals surface area contributed by atoms with Crippen LogP contribution in [0, 0.1) is 0 Å². The summed E-state index contributed by atoms with van der Waals surface area (Å²) in [6, 6.07) is 3.63. The second kappa shape index (κ2) is 7.35. The summed E-state index contributed by atoms with van der Waals surface area (Å²) in [5, 5.41) is 0. The van der Waals surface area contributed by atoms with Gasteiger partial charge in [0.15, 0.2) is 11.5 Å². The van der Waals surface area contributed by atoms with Crippen LogP contribution in [0.4, 0.5) is 0 Å². The standard InChI is InChI=1S/C13H20O6S/c1-17-11-8-7-10(12(18-2)13(11)19-3)6-4-5-9-20(14,15)16/h7-8H,4-6,9H2,1-3H3,(H,14,15,16). The molecule has 0 aliphatic heterocycles. The lowest BCUT2D eigenvalue weighted by Crippen LogP contribution is -2.04. The van der Waals surface area contributed by atoms with E-state index in [-0.39, 0.29) is 5.75 Å². The van der Waals surface area contributed by atoms with Crippen LogP contribution in [0.1, 0.15) is 18.4 Å². The maximum atomic E-state index is 10.6. The fourth-order valence-electron chi connectivity index (χ4n) is 1.96. The van der Waals surface area contributed by atoms with Crippen LogP contribution < -0.4 is 14.2 Å². The number of unbranched alkanes of at least 4 members (excludes halogenated alkanes) is 1. The van der Waals surface area contributed by atoms with Gasteiger partial charge in [-0.15, -0.1) is 0 Å². The van der Waals surface area contributed by atoms with Crippen LogP contribution in [0.3, 0.4) is 0 Å². The maximum absolute atomic E-state index is 10.6. The van der Waals surface area contributed by atoms with Crippen LogP contribution in [0.2, 0.25) is 0 Å². The van der Waals surface area contributed by atoms with Gasteiger partial charge in [-0.2, -0.15) is 8.42 Å². The third kappa shape index (κ3) is 4.57. The van der Waals surface area contributed by atoms with E-state index in [0.717, 1.165) is 5.56 Å². The van der Waals surface area contributed by atoms with Crippen LogP contribution in [0.5, 0.6) is 17.2 Å². The zero-order valence-electron chi connectivity index (χ0n) is 11.9. The fraction of sp³-hybridized carbons (Fsp3) is 0.538. The summed E-state index contributed by atoms with van der Waals surface area (Å²) in [6.07, 6.45) is 1.63. The normalized spacial score (nSPS) is 11.2. The lowest BCUT2D eigenvalue weighted by molar-refractivity contribution is 0.322. The Bertz CT molecular complexity index is 538. The maximum Gasteiger partial charge on any atom is 0.264 e. The molecule has 114 valence electrons. The molecule has 7 heteroatoms. The molecular weight excluding hydrogens is 284 g/mol. The van der Waals surface area contributed by atoms with Gasteiger partial charge >= 0.3 is 0 Å². The van der Waals surface area contributed by atoms with Crippen LogP contribution in [0.15, 0.2) is 12.1 Å². The molecule has 20 heavy (non-hydrogen) atoms. The first kappa shape index (κ1) is 16.6. The number of ether oxygens (including phenoxy) is 3. The number of benzene rings is 1. The van der Waals surface area contributed by atoms with Crippen LogP contribution in [-0.4, -0.2) is 40.1 Å². The highest BCUT2D eigenvalue weighted by Gasteiger charge is 2.15. The highest BCUT2D eigenvalue weighted by Crippen LogP contribution is 2.40. The largest absolute Gasteiger partial charge is 0.493 e. The van der Waals surface area contributed by atoms with Crippen LogP contribution in [0.25, 0.3) is 0 Å². The Kier molecular flexibility index (Phi) is 6.09. The molecule has 1 rings (SSSR count). The molecule has 0 atom stereocenters. The monoisotopic (exact) mass is 304 g/mol. The summed E-state index contributed by atoms with van der Waals surface area (Å²) in [4.78, 5) is 0. The molecule has 0 fully saturated rings. The molecule has 1 N–H and O–H groups in total.